The molecule has 2 aromatic rings. The van der Waals surface area contributed by atoms with E-state index in [2.05, 4.69) is 19.7 Å². The predicted octanol–water partition coefficient (Wildman–Crippen LogP) is 0.561. The van der Waals surface area contributed by atoms with E-state index in [0.29, 0.717) is 44.0 Å². The highest BCUT2D eigenvalue weighted by atomic mass is 32.2. The molecule has 146 valence electrons. The van der Waals surface area contributed by atoms with E-state index in [1.807, 2.05) is 32.0 Å². The van der Waals surface area contributed by atoms with Crippen molar-refractivity contribution in [2.24, 2.45) is 0 Å². The number of sulfonamides is 1. The fourth-order valence-electron chi connectivity index (χ4n) is 2.60. The van der Waals surface area contributed by atoms with Gasteiger partial charge in [0.2, 0.25) is 21.9 Å². The molecule has 1 aliphatic rings. The molecule has 0 atom stereocenters. The van der Waals surface area contributed by atoms with Crippen molar-refractivity contribution in [1.82, 2.24) is 19.7 Å². The summed E-state index contributed by atoms with van der Waals surface area (Å²) in [4.78, 5) is 17.3. The second-order valence-corrected chi connectivity index (χ2v) is 8.25. The zero-order valence-electron chi connectivity index (χ0n) is 15.7. The summed E-state index contributed by atoms with van der Waals surface area (Å²) < 4.78 is 33.0. The topological polar surface area (TPSA) is 101 Å². The number of hydrogen-bond acceptors (Lipinski definition) is 8. The lowest BCUT2D eigenvalue weighted by atomic mass is 10.2. The van der Waals surface area contributed by atoms with Crippen molar-refractivity contribution in [3.63, 3.8) is 0 Å². The number of aryl methyl sites for hydroxylation is 1. The molecule has 0 aliphatic carbocycles. The number of anilines is 2. The van der Waals surface area contributed by atoms with Crippen LogP contribution in [0, 0.1) is 6.92 Å². The molecular weight excluding hydrogens is 368 g/mol. The van der Waals surface area contributed by atoms with Crippen LogP contribution >= 0.6 is 0 Å². The molecule has 3 rings (SSSR count). The van der Waals surface area contributed by atoms with Gasteiger partial charge in [-0.05, 0) is 24.6 Å². The molecular formula is C17H24N6O3S. The summed E-state index contributed by atoms with van der Waals surface area (Å²) in [5.74, 6) is 1.38. The van der Waals surface area contributed by atoms with Crippen molar-refractivity contribution in [3.05, 3.63) is 35.7 Å². The van der Waals surface area contributed by atoms with Crippen molar-refractivity contribution in [2.75, 3.05) is 50.2 Å². The van der Waals surface area contributed by atoms with Gasteiger partial charge < -0.3 is 14.5 Å². The van der Waals surface area contributed by atoms with Gasteiger partial charge in [-0.25, -0.2) is 13.1 Å². The Morgan fingerprint density at radius 1 is 1.19 bits per heavy atom. The zero-order chi connectivity index (χ0) is 19.4. The number of morpholine rings is 1. The number of benzene rings is 1. The Morgan fingerprint density at radius 3 is 2.59 bits per heavy atom. The zero-order valence-corrected chi connectivity index (χ0v) is 16.5. The van der Waals surface area contributed by atoms with E-state index >= 15 is 0 Å². The third-order valence-corrected chi connectivity index (χ3v) is 5.47. The number of nitrogens with zero attached hydrogens (tertiary/aromatic N) is 5. The van der Waals surface area contributed by atoms with E-state index in [0.717, 1.165) is 5.56 Å². The van der Waals surface area contributed by atoms with E-state index in [1.54, 1.807) is 23.1 Å². The van der Waals surface area contributed by atoms with Gasteiger partial charge in [-0.2, -0.15) is 15.0 Å². The number of ether oxygens (including phenoxy) is 1. The largest absolute Gasteiger partial charge is 0.378 e. The molecule has 0 radical (unpaired) electrons. The summed E-state index contributed by atoms with van der Waals surface area (Å²) >= 11 is 0. The van der Waals surface area contributed by atoms with Crippen LogP contribution in [0.4, 0.5) is 11.9 Å². The molecule has 1 N–H and O–H groups in total. The summed E-state index contributed by atoms with van der Waals surface area (Å²) in [6, 6.07) is 6.75. The summed E-state index contributed by atoms with van der Waals surface area (Å²) in [6.45, 7) is 4.42. The average molecular weight is 392 g/mol. The standard InChI is InChI=1S/C17H24N6O3S/c1-13-5-4-6-14(11-13)27(24,25)18-12-15-19-16(22(2)3)21-17(20-15)23-7-9-26-10-8-23/h4-6,11,18H,7-10,12H2,1-3H3. The normalized spacial score (nSPS) is 15.0. The second kappa shape index (κ2) is 8.15. The van der Waals surface area contributed by atoms with Gasteiger partial charge in [0.1, 0.15) is 0 Å². The number of nitrogens with one attached hydrogen (secondary N) is 1. The molecule has 2 heterocycles. The van der Waals surface area contributed by atoms with Gasteiger partial charge in [-0.15, -0.1) is 0 Å². The molecule has 1 aromatic carbocycles. The Morgan fingerprint density at radius 2 is 1.93 bits per heavy atom. The molecule has 0 unspecified atom stereocenters. The fraction of sp³-hybridized carbons (Fsp3) is 0.471. The molecule has 10 heteroatoms. The van der Waals surface area contributed by atoms with Crippen LogP contribution in [0.5, 0.6) is 0 Å². The molecule has 1 aliphatic heterocycles. The molecule has 1 saturated heterocycles. The van der Waals surface area contributed by atoms with Crippen LogP contribution < -0.4 is 14.5 Å². The summed E-state index contributed by atoms with van der Waals surface area (Å²) in [7, 11) is 0.0155. The van der Waals surface area contributed by atoms with Crippen molar-refractivity contribution >= 4 is 21.9 Å². The van der Waals surface area contributed by atoms with Gasteiger partial charge in [-0.1, -0.05) is 12.1 Å². The Balaban J connectivity index is 1.82. The first kappa shape index (κ1) is 19.5. The summed E-state index contributed by atoms with van der Waals surface area (Å²) in [5.41, 5.74) is 0.877. The fourth-order valence-corrected chi connectivity index (χ4v) is 3.69. The quantitative estimate of drug-likeness (QED) is 0.761. The highest BCUT2D eigenvalue weighted by Crippen LogP contribution is 2.15. The Hall–Kier alpha value is -2.30. The van der Waals surface area contributed by atoms with E-state index in [9.17, 15) is 8.42 Å². The van der Waals surface area contributed by atoms with E-state index in [-0.39, 0.29) is 11.4 Å². The van der Waals surface area contributed by atoms with Crippen molar-refractivity contribution in [2.45, 2.75) is 18.4 Å². The molecule has 1 aromatic heterocycles. The minimum Gasteiger partial charge on any atom is -0.378 e. The maximum Gasteiger partial charge on any atom is 0.240 e. The first-order valence-corrected chi connectivity index (χ1v) is 10.1. The van der Waals surface area contributed by atoms with Gasteiger partial charge in [0.05, 0.1) is 24.7 Å². The third-order valence-electron chi connectivity index (χ3n) is 4.07. The van der Waals surface area contributed by atoms with Crippen LogP contribution in [-0.4, -0.2) is 63.8 Å². The highest BCUT2D eigenvalue weighted by molar-refractivity contribution is 7.89. The molecule has 0 spiro atoms. The molecule has 1 fully saturated rings. The lowest BCUT2D eigenvalue weighted by Gasteiger charge is -2.27. The van der Waals surface area contributed by atoms with E-state index in [1.165, 1.54) is 0 Å². The minimum absolute atomic E-state index is 0.0169. The van der Waals surface area contributed by atoms with Crippen LogP contribution in [0.1, 0.15) is 11.4 Å². The number of rotatable bonds is 6. The first-order chi connectivity index (χ1) is 12.8. The Bertz CT molecular complexity index is 897. The van der Waals surface area contributed by atoms with Crippen molar-refractivity contribution < 1.29 is 13.2 Å². The molecule has 0 saturated carbocycles. The Kier molecular flexibility index (Phi) is 5.88. The van der Waals surface area contributed by atoms with E-state index in [4.69, 9.17) is 4.74 Å². The van der Waals surface area contributed by atoms with Crippen LogP contribution in [0.2, 0.25) is 0 Å². The maximum absolute atomic E-state index is 12.5. The molecule has 0 amide bonds. The second-order valence-electron chi connectivity index (χ2n) is 6.49. The highest BCUT2D eigenvalue weighted by Gasteiger charge is 2.19. The van der Waals surface area contributed by atoms with Crippen LogP contribution in [0.15, 0.2) is 29.2 Å². The van der Waals surface area contributed by atoms with E-state index < -0.39 is 10.0 Å². The monoisotopic (exact) mass is 392 g/mol. The van der Waals surface area contributed by atoms with Gasteiger partial charge >= 0.3 is 0 Å². The maximum atomic E-state index is 12.5. The molecule has 0 bridgehead atoms. The Labute approximate surface area is 159 Å². The van der Waals surface area contributed by atoms with Gasteiger partial charge in [-0.3, -0.25) is 0 Å². The lowest BCUT2D eigenvalue weighted by Crippen LogP contribution is -2.38. The molecule has 9 nitrogen and oxygen atoms in total. The molecule has 27 heavy (non-hydrogen) atoms. The number of aromatic nitrogens is 3. The van der Waals surface area contributed by atoms with Crippen LogP contribution in [-0.2, 0) is 21.3 Å². The minimum atomic E-state index is -3.65. The SMILES string of the molecule is Cc1cccc(S(=O)(=O)NCc2nc(N(C)C)nc(N3CCOCC3)n2)c1. The summed E-state index contributed by atoms with van der Waals surface area (Å²) in [6.07, 6.45) is 0. The summed E-state index contributed by atoms with van der Waals surface area (Å²) in [5, 5.41) is 0. The average Bonchev–Trinajstić information content (AvgIpc) is 2.67. The van der Waals surface area contributed by atoms with Crippen molar-refractivity contribution in [3.8, 4) is 0 Å². The van der Waals surface area contributed by atoms with Crippen molar-refractivity contribution in [1.29, 1.82) is 0 Å². The van der Waals surface area contributed by atoms with Gasteiger partial charge in [0.15, 0.2) is 5.82 Å². The smallest absolute Gasteiger partial charge is 0.240 e. The first-order valence-electron chi connectivity index (χ1n) is 8.66. The van der Waals surface area contributed by atoms with Crippen LogP contribution in [0.3, 0.4) is 0 Å². The van der Waals surface area contributed by atoms with Gasteiger partial charge in [0.25, 0.3) is 0 Å². The number of hydrogen-bond donors (Lipinski definition) is 1. The van der Waals surface area contributed by atoms with Crippen LogP contribution in [0.25, 0.3) is 0 Å². The predicted molar refractivity (Wildman–Crippen MR) is 102 cm³/mol. The third kappa shape index (κ3) is 4.90. The lowest BCUT2D eigenvalue weighted by molar-refractivity contribution is 0.122. The van der Waals surface area contributed by atoms with Gasteiger partial charge in [0, 0.05) is 27.2 Å².